The SMILES string of the molecule is CC(C)CN(CC(=O)O)Cc1csc(C(C)C)n1. The van der Waals surface area contributed by atoms with Gasteiger partial charge < -0.3 is 5.11 Å². The van der Waals surface area contributed by atoms with Gasteiger partial charge in [0, 0.05) is 24.4 Å². The summed E-state index contributed by atoms with van der Waals surface area (Å²) < 4.78 is 0. The molecule has 0 bridgehead atoms. The van der Waals surface area contributed by atoms with Gasteiger partial charge >= 0.3 is 5.97 Å². The number of hydrogen-bond donors (Lipinski definition) is 1. The van der Waals surface area contributed by atoms with Crippen LogP contribution < -0.4 is 0 Å². The zero-order valence-corrected chi connectivity index (χ0v) is 12.3. The Labute approximate surface area is 113 Å². The first-order valence-corrected chi connectivity index (χ1v) is 7.15. The lowest BCUT2D eigenvalue weighted by atomic mass is 10.2. The fraction of sp³-hybridized carbons (Fsp3) is 0.692. The molecule has 0 unspecified atom stereocenters. The van der Waals surface area contributed by atoms with Gasteiger partial charge in [-0.05, 0) is 5.92 Å². The highest BCUT2D eigenvalue weighted by molar-refractivity contribution is 7.09. The predicted molar refractivity (Wildman–Crippen MR) is 74.0 cm³/mol. The Balaban J connectivity index is 2.65. The number of carbonyl (C=O) groups is 1. The van der Waals surface area contributed by atoms with Crippen LogP contribution in [0.15, 0.2) is 5.38 Å². The molecule has 1 heterocycles. The van der Waals surface area contributed by atoms with Gasteiger partial charge in [0.2, 0.25) is 0 Å². The van der Waals surface area contributed by atoms with Crippen molar-refractivity contribution in [2.75, 3.05) is 13.1 Å². The molecule has 0 aliphatic rings. The molecule has 0 aliphatic heterocycles. The largest absolute Gasteiger partial charge is 0.480 e. The van der Waals surface area contributed by atoms with E-state index in [1.165, 1.54) is 0 Å². The number of nitrogens with zero attached hydrogens (tertiary/aromatic N) is 2. The molecule has 0 aliphatic carbocycles. The van der Waals surface area contributed by atoms with Gasteiger partial charge in [-0.2, -0.15) is 0 Å². The van der Waals surface area contributed by atoms with Crippen LogP contribution in [-0.2, 0) is 11.3 Å². The third-order valence-electron chi connectivity index (χ3n) is 2.43. The van der Waals surface area contributed by atoms with E-state index in [1.807, 2.05) is 10.3 Å². The maximum Gasteiger partial charge on any atom is 0.317 e. The van der Waals surface area contributed by atoms with E-state index < -0.39 is 5.97 Å². The second-order valence-electron chi connectivity index (χ2n) is 5.29. The summed E-state index contributed by atoms with van der Waals surface area (Å²) in [5.74, 6) is 0.101. The van der Waals surface area contributed by atoms with Crippen molar-refractivity contribution in [2.45, 2.75) is 40.2 Å². The molecule has 0 saturated heterocycles. The fourth-order valence-corrected chi connectivity index (χ4v) is 2.61. The van der Waals surface area contributed by atoms with Crippen LogP contribution in [-0.4, -0.2) is 34.0 Å². The lowest BCUT2D eigenvalue weighted by molar-refractivity contribution is -0.138. The van der Waals surface area contributed by atoms with E-state index in [-0.39, 0.29) is 6.54 Å². The van der Waals surface area contributed by atoms with Gasteiger partial charge in [0.25, 0.3) is 0 Å². The van der Waals surface area contributed by atoms with E-state index in [4.69, 9.17) is 5.11 Å². The molecule has 18 heavy (non-hydrogen) atoms. The Morgan fingerprint density at radius 1 is 1.44 bits per heavy atom. The molecule has 0 amide bonds. The Morgan fingerprint density at radius 2 is 2.11 bits per heavy atom. The van der Waals surface area contributed by atoms with Crippen LogP contribution in [0.2, 0.25) is 0 Å². The Bertz CT molecular complexity index is 388. The number of aliphatic carboxylic acids is 1. The van der Waals surface area contributed by atoms with Crippen molar-refractivity contribution in [3.8, 4) is 0 Å². The molecule has 0 spiro atoms. The molecule has 0 radical (unpaired) electrons. The summed E-state index contributed by atoms with van der Waals surface area (Å²) >= 11 is 1.65. The van der Waals surface area contributed by atoms with E-state index in [2.05, 4.69) is 32.7 Å². The molecule has 4 nitrogen and oxygen atoms in total. The summed E-state index contributed by atoms with van der Waals surface area (Å²) in [5, 5.41) is 12.1. The first-order chi connectivity index (χ1) is 8.38. The van der Waals surface area contributed by atoms with Gasteiger partial charge in [-0.1, -0.05) is 27.7 Å². The van der Waals surface area contributed by atoms with Crippen molar-refractivity contribution in [1.29, 1.82) is 0 Å². The zero-order chi connectivity index (χ0) is 13.7. The lowest BCUT2D eigenvalue weighted by Gasteiger charge is -2.21. The molecule has 5 heteroatoms. The van der Waals surface area contributed by atoms with Crippen molar-refractivity contribution >= 4 is 17.3 Å². The molecule has 0 aromatic carbocycles. The topological polar surface area (TPSA) is 53.4 Å². The van der Waals surface area contributed by atoms with Gasteiger partial charge in [-0.25, -0.2) is 4.98 Å². The third kappa shape index (κ3) is 5.14. The van der Waals surface area contributed by atoms with Crippen molar-refractivity contribution < 1.29 is 9.90 Å². The van der Waals surface area contributed by atoms with Crippen molar-refractivity contribution in [1.82, 2.24) is 9.88 Å². The van der Waals surface area contributed by atoms with Crippen LogP contribution in [0.1, 0.15) is 44.3 Å². The zero-order valence-electron chi connectivity index (χ0n) is 11.5. The van der Waals surface area contributed by atoms with E-state index in [0.29, 0.717) is 18.4 Å². The minimum Gasteiger partial charge on any atom is -0.480 e. The standard InChI is InChI=1S/C13H22N2O2S/c1-9(2)5-15(7-12(16)17)6-11-8-18-13(14-11)10(3)4/h8-10H,5-7H2,1-4H3,(H,16,17). The second kappa shape index (κ2) is 6.85. The van der Waals surface area contributed by atoms with Crippen LogP contribution >= 0.6 is 11.3 Å². The molecule has 0 fully saturated rings. The number of carboxylic acid groups (broad SMARTS) is 1. The summed E-state index contributed by atoms with van der Waals surface area (Å²) in [7, 11) is 0. The average Bonchev–Trinajstić information content (AvgIpc) is 2.63. The van der Waals surface area contributed by atoms with Gasteiger partial charge in [0.1, 0.15) is 0 Å². The molecule has 0 atom stereocenters. The molecule has 1 rings (SSSR count). The van der Waals surface area contributed by atoms with E-state index in [0.717, 1.165) is 17.2 Å². The maximum absolute atomic E-state index is 10.8. The van der Waals surface area contributed by atoms with Crippen molar-refractivity contribution in [3.05, 3.63) is 16.1 Å². The van der Waals surface area contributed by atoms with Gasteiger partial charge in [0.05, 0.1) is 17.2 Å². The number of thiazole rings is 1. The normalized spacial score (nSPS) is 11.7. The van der Waals surface area contributed by atoms with Crippen LogP contribution in [0.4, 0.5) is 0 Å². The highest BCUT2D eigenvalue weighted by Gasteiger charge is 2.14. The van der Waals surface area contributed by atoms with Gasteiger partial charge in [0.15, 0.2) is 0 Å². The number of hydrogen-bond acceptors (Lipinski definition) is 4. The predicted octanol–water partition coefficient (Wildman–Crippen LogP) is 2.81. The Kier molecular flexibility index (Phi) is 5.75. The van der Waals surface area contributed by atoms with Gasteiger partial charge in [-0.15, -0.1) is 11.3 Å². The first-order valence-electron chi connectivity index (χ1n) is 6.27. The van der Waals surface area contributed by atoms with E-state index in [9.17, 15) is 4.79 Å². The van der Waals surface area contributed by atoms with E-state index >= 15 is 0 Å². The minimum absolute atomic E-state index is 0.0761. The Hall–Kier alpha value is -0.940. The molecule has 1 N–H and O–H groups in total. The fourth-order valence-electron chi connectivity index (χ4n) is 1.78. The molecular formula is C13H22N2O2S. The number of carboxylic acids is 1. The summed E-state index contributed by atoms with van der Waals surface area (Å²) in [6, 6.07) is 0. The summed E-state index contributed by atoms with van der Waals surface area (Å²) in [5.41, 5.74) is 0.977. The summed E-state index contributed by atoms with van der Waals surface area (Å²) in [6.07, 6.45) is 0. The number of aromatic nitrogens is 1. The smallest absolute Gasteiger partial charge is 0.317 e. The molecule has 1 aromatic rings. The Morgan fingerprint density at radius 3 is 2.56 bits per heavy atom. The summed E-state index contributed by atoms with van der Waals surface area (Å²) in [6.45, 7) is 9.89. The lowest BCUT2D eigenvalue weighted by Crippen LogP contribution is -2.32. The second-order valence-corrected chi connectivity index (χ2v) is 6.18. The van der Waals surface area contributed by atoms with Crippen LogP contribution in [0.3, 0.4) is 0 Å². The third-order valence-corrected chi connectivity index (χ3v) is 3.63. The summed E-state index contributed by atoms with van der Waals surface area (Å²) in [4.78, 5) is 17.3. The quantitative estimate of drug-likeness (QED) is 0.827. The van der Waals surface area contributed by atoms with Crippen molar-refractivity contribution in [2.24, 2.45) is 5.92 Å². The highest BCUT2D eigenvalue weighted by Crippen LogP contribution is 2.20. The monoisotopic (exact) mass is 270 g/mol. The molecule has 102 valence electrons. The van der Waals surface area contributed by atoms with Crippen molar-refractivity contribution in [3.63, 3.8) is 0 Å². The number of rotatable bonds is 7. The molecule has 1 aromatic heterocycles. The first kappa shape index (κ1) is 15.1. The van der Waals surface area contributed by atoms with E-state index in [1.54, 1.807) is 11.3 Å². The van der Waals surface area contributed by atoms with Gasteiger partial charge in [-0.3, -0.25) is 9.69 Å². The molecular weight excluding hydrogens is 248 g/mol. The maximum atomic E-state index is 10.8. The average molecular weight is 270 g/mol. The van der Waals surface area contributed by atoms with Crippen LogP contribution in [0, 0.1) is 5.92 Å². The van der Waals surface area contributed by atoms with Crippen LogP contribution in [0.25, 0.3) is 0 Å². The van der Waals surface area contributed by atoms with Crippen LogP contribution in [0.5, 0.6) is 0 Å². The molecule has 0 saturated carbocycles. The highest BCUT2D eigenvalue weighted by atomic mass is 32.1. The minimum atomic E-state index is -0.782.